The fourth-order valence-electron chi connectivity index (χ4n) is 3.08. The summed E-state index contributed by atoms with van der Waals surface area (Å²) < 4.78 is 5.33. The third kappa shape index (κ3) is 4.95. The maximum atomic E-state index is 12.6. The van der Waals surface area contributed by atoms with E-state index in [1.807, 2.05) is 11.8 Å². The molecule has 1 fully saturated rings. The van der Waals surface area contributed by atoms with Crippen LogP contribution in [0.1, 0.15) is 42.6 Å². The lowest BCUT2D eigenvalue weighted by atomic mass is 9.92. The van der Waals surface area contributed by atoms with E-state index in [9.17, 15) is 9.59 Å². The molecule has 24 heavy (non-hydrogen) atoms. The fourth-order valence-corrected chi connectivity index (χ4v) is 3.08. The number of methoxy groups -OCH3 is 1. The van der Waals surface area contributed by atoms with E-state index in [1.54, 1.807) is 25.3 Å². The average molecular weight is 355 g/mol. The summed E-state index contributed by atoms with van der Waals surface area (Å²) >= 11 is 0. The zero-order valence-corrected chi connectivity index (χ0v) is 15.4. The Labute approximate surface area is 149 Å². The highest BCUT2D eigenvalue weighted by Crippen LogP contribution is 2.24. The standard InChI is InChI=1S/C18H26N2O3.ClH/c1-12(19)15-5-4-8-20(11-15)18(22)10-16-9-14(13(2)21)6-7-17(16)23-3;/h6-7,9,12,15H,4-5,8,10-11,19H2,1-3H3;1H. The summed E-state index contributed by atoms with van der Waals surface area (Å²) in [5.74, 6) is 1.05. The van der Waals surface area contributed by atoms with E-state index in [0.717, 1.165) is 24.9 Å². The number of rotatable bonds is 5. The van der Waals surface area contributed by atoms with Crippen LogP contribution in [0.5, 0.6) is 5.75 Å². The second kappa shape index (κ2) is 9.04. The molecule has 5 nitrogen and oxygen atoms in total. The molecule has 1 aliphatic heterocycles. The van der Waals surface area contributed by atoms with Crippen LogP contribution in [-0.4, -0.2) is 42.8 Å². The monoisotopic (exact) mass is 354 g/mol. The summed E-state index contributed by atoms with van der Waals surface area (Å²) in [6.07, 6.45) is 2.31. The Kier molecular flexibility index (Phi) is 7.70. The molecule has 0 radical (unpaired) electrons. The topological polar surface area (TPSA) is 72.6 Å². The van der Waals surface area contributed by atoms with E-state index in [0.29, 0.717) is 23.8 Å². The van der Waals surface area contributed by atoms with Crippen LogP contribution in [0.2, 0.25) is 0 Å². The number of nitrogens with two attached hydrogens (primary N) is 1. The average Bonchev–Trinajstić information content (AvgIpc) is 2.54. The molecule has 2 rings (SSSR count). The van der Waals surface area contributed by atoms with Gasteiger partial charge in [-0.2, -0.15) is 0 Å². The van der Waals surface area contributed by atoms with Gasteiger partial charge in [-0.15, -0.1) is 12.4 Å². The van der Waals surface area contributed by atoms with E-state index in [4.69, 9.17) is 10.5 Å². The summed E-state index contributed by atoms with van der Waals surface area (Å²) in [5.41, 5.74) is 7.34. The Balaban J connectivity index is 0.00000288. The van der Waals surface area contributed by atoms with Gasteiger partial charge in [0.15, 0.2) is 5.78 Å². The molecule has 2 unspecified atom stereocenters. The van der Waals surface area contributed by atoms with Crippen molar-refractivity contribution in [3.8, 4) is 5.75 Å². The number of nitrogens with zero attached hydrogens (tertiary/aromatic N) is 1. The van der Waals surface area contributed by atoms with E-state index in [-0.39, 0.29) is 36.6 Å². The number of ketones is 1. The first-order chi connectivity index (χ1) is 10.9. The maximum absolute atomic E-state index is 12.6. The normalized spacial score (nSPS) is 18.5. The minimum absolute atomic E-state index is 0. The van der Waals surface area contributed by atoms with Gasteiger partial charge in [0, 0.05) is 30.3 Å². The second-order valence-corrected chi connectivity index (χ2v) is 6.36. The van der Waals surface area contributed by atoms with Crippen molar-refractivity contribution in [1.82, 2.24) is 4.90 Å². The molecule has 1 amide bonds. The van der Waals surface area contributed by atoms with Crippen molar-refractivity contribution in [3.63, 3.8) is 0 Å². The molecule has 6 heteroatoms. The number of likely N-dealkylation sites (tertiary alicyclic amines) is 1. The Morgan fingerprint density at radius 2 is 2.12 bits per heavy atom. The van der Waals surface area contributed by atoms with Gasteiger partial charge in [0.2, 0.25) is 5.91 Å². The lowest BCUT2D eigenvalue weighted by Crippen LogP contribution is -2.45. The Morgan fingerprint density at radius 1 is 1.42 bits per heavy atom. The number of halogens is 1. The van der Waals surface area contributed by atoms with Gasteiger partial charge >= 0.3 is 0 Å². The van der Waals surface area contributed by atoms with E-state index in [1.165, 1.54) is 6.92 Å². The summed E-state index contributed by atoms with van der Waals surface area (Å²) in [5, 5.41) is 0. The van der Waals surface area contributed by atoms with Crippen LogP contribution < -0.4 is 10.5 Å². The number of ether oxygens (including phenoxy) is 1. The smallest absolute Gasteiger partial charge is 0.227 e. The van der Waals surface area contributed by atoms with Gasteiger partial charge in [0.05, 0.1) is 13.5 Å². The minimum Gasteiger partial charge on any atom is -0.496 e. The summed E-state index contributed by atoms with van der Waals surface area (Å²) in [6, 6.07) is 5.33. The predicted octanol–water partition coefficient (Wildman–Crippen LogP) is 2.45. The van der Waals surface area contributed by atoms with Gasteiger partial charge in [0.1, 0.15) is 5.75 Å². The highest BCUT2D eigenvalue weighted by Gasteiger charge is 2.26. The molecular formula is C18H27ClN2O3. The van der Waals surface area contributed by atoms with Crippen LogP contribution in [0.25, 0.3) is 0 Å². The summed E-state index contributed by atoms with van der Waals surface area (Å²) in [6.45, 7) is 5.01. The molecule has 2 N–H and O–H groups in total. The molecule has 1 aromatic rings. The second-order valence-electron chi connectivity index (χ2n) is 6.36. The number of Topliss-reactive ketones (excluding diaryl/α,β-unsaturated/α-hetero) is 1. The van der Waals surface area contributed by atoms with Gasteiger partial charge in [-0.05, 0) is 50.8 Å². The molecule has 1 aromatic carbocycles. The van der Waals surface area contributed by atoms with Gasteiger partial charge in [-0.1, -0.05) is 0 Å². The molecular weight excluding hydrogens is 328 g/mol. The molecule has 0 aromatic heterocycles. The largest absolute Gasteiger partial charge is 0.496 e. The number of amides is 1. The lowest BCUT2D eigenvalue weighted by Gasteiger charge is -2.34. The Hall–Kier alpha value is -1.59. The number of benzene rings is 1. The van der Waals surface area contributed by atoms with Crippen LogP contribution in [0.15, 0.2) is 18.2 Å². The summed E-state index contributed by atoms with van der Waals surface area (Å²) in [4.78, 5) is 26.1. The lowest BCUT2D eigenvalue weighted by molar-refractivity contribution is -0.132. The first-order valence-corrected chi connectivity index (χ1v) is 8.13. The molecule has 0 aliphatic carbocycles. The highest BCUT2D eigenvalue weighted by molar-refractivity contribution is 5.94. The SMILES string of the molecule is COc1ccc(C(C)=O)cc1CC(=O)N1CCCC(C(C)N)C1.Cl. The van der Waals surface area contributed by atoms with Crippen molar-refractivity contribution in [1.29, 1.82) is 0 Å². The Morgan fingerprint density at radius 3 is 2.71 bits per heavy atom. The highest BCUT2D eigenvalue weighted by atomic mass is 35.5. The number of carbonyl (C=O) groups excluding carboxylic acids is 2. The van der Waals surface area contributed by atoms with E-state index < -0.39 is 0 Å². The third-order valence-electron chi connectivity index (χ3n) is 4.58. The molecule has 1 heterocycles. The molecule has 1 aliphatic rings. The van der Waals surface area contributed by atoms with Crippen LogP contribution in [0.3, 0.4) is 0 Å². The van der Waals surface area contributed by atoms with Crippen molar-refractivity contribution < 1.29 is 14.3 Å². The number of carbonyl (C=O) groups is 2. The molecule has 0 spiro atoms. The first kappa shape index (κ1) is 20.5. The summed E-state index contributed by atoms with van der Waals surface area (Å²) in [7, 11) is 1.57. The van der Waals surface area contributed by atoms with E-state index in [2.05, 4.69) is 0 Å². The molecule has 2 atom stereocenters. The fraction of sp³-hybridized carbons (Fsp3) is 0.556. The maximum Gasteiger partial charge on any atom is 0.227 e. The zero-order valence-electron chi connectivity index (χ0n) is 14.6. The van der Waals surface area contributed by atoms with Crippen LogP contribution in [-0.2, 0) is 11.2 Å². The van der Waals surface area contributed by atoms with Gasteiger partial charge in [-0.3, -0.25) is 9.59 Å². The van der Waals surface area contributed by atoms with Crippen molar-refractivity contribution in [2.24, 2.45) is 11.7 Å². The van der Waals surface area contributed by atoms with Crippen molar-refractivity contribution >= 4 is 24.1 Å². The molecule has 0 saturated carbocycles. The first-order valence-electron chi connectivity index (χ1n) is 8.13. The van der Waals surface area contributed by atoms with Crippen molar-refractivity contribution in [2.75, 3.05) is 20.2 Å². The molecule has 134 valence electrons. The van der Waals surface area contributed by atoms with Crippen LogP contribution in [0.4, 0.5) is 0 Å². The number of piperidine rings is 1. The molecule has 0 bridgehead atoms. The van der Waals surface area contributed by atoms with Crippen LogP contribution >= 0.6 is 12.4 Å². The predicted molar refractivity (Wildman–Crippen MR) is 96.9 cm³/mol. The van der Waals surface area contributed by atoms with Gasteiger partial charge in [-0.25, -0.2) is 0 Å². The van der Waals surface area contributed by atoms with Gasteiger partial charge < -0.3 is 15.4 Å². The van der Waals surface area contributed by atoms with Crippen molar-refractivity contribution in [3.05, 3.63) is 29.3 Å². The molecule has 1 saturated heterocycles. The van der Waals surface area contributed by atoms with Crippen molar-refractivity contribution in [2.45, 2.75) is 39.2 Å². The Bertz CT molecular complexity index is 590. The third-order valence-corrected chi connectivity index (χ3v) is 4.58. The number of hydrogen-bond donors (Lipinski definition) is 1. The zero-order chi connectivity index (χ0) is 17.0. The minimum atomic E-state index is -0.0173. The van der Waals surface area contributed by atoms with E-state index >= 15 is 0 Å². The number of hydrogen-bond acceptors (Lipinski definition) is 4. The van der Waals surface area contributed by atoms with Crippen LogP contribution in [0, 0.1) is 5.92 Å². The quantitative estimate of drug-likeness (QED) is 0.824. The van der Waals surface area contributed by atoms with Gasteiger partial charge in [0.25, 0.3) is 0 Å².